The molecule has 0 spiro atoms. The van der Waals surface area contributed by atoms with Gasteiger partial charge in [-0.1, -0.05) is 13.8 Å². The molecule has 18 heavy (non-hydrogen) atoms. The highest BCUT2D eigenvalue weighted by Crippen LogP contribution is 2.57. The van der Waals surface area contributed by atoms with Crippen LogP contribution in [0, 0.1) is 11.3 Å². The van der Waals surface area contributed by atoms with Gasteiger partial charge in [0.2, 0.25) is 5.91 Å². The minimum atomic E-state index is -0.814. The zero-order chi connectivity index (χ0) is 13.4. The van der Waals surface area contributed by atoms with Gasteiger partial charge in [0.05, 0.1) is 12.7 Å². The summed E-state index contributed by atoms with van der Waals surface area (Å²) in [6.07, 6.45) is 2.08. The molecule has 0 aromatic rings. The Balaban J connectivity index is 2.06. The number of amides is 1. The summed E-state index contributed by atoms with van der Waals surface area (Å²) in [7, 11) is 1.61. The molecule has 5 nitrogen and oxygen atoms in total. The number of hydrogen-bond donors (Lipinski definition) is 2. The Morgan fingerprint density at radius 1 is 1.56 bits per heavy atom. The van der Waals surface area contributed by atoms with Crippen LogP contribution in [0.25, 0.3) is 0 Å². The summed E-state index contributed by atoms with van der Waals surface area (Å²) >= 11 is 0. The Labute approximate surface area is 108 Å². The molecule has 104 valence electrons. The molecule has 0 aromatic heterocycles. The predicted molar refractivity (Wildman–Crippen MR) is 68.0 cm³/mol. The van der Waals surface area contributed by atoms with Gasteiger partial charge in [-0.2, -0.15) is 0 Å². The van der Waals surface area contributed by atoms with Gasteiger partial charge in [-0.25, -0.2) is 0 Å². The van der Waals surface area contributed by atoms with Crippen molar-refractivity contribution >= 4 is 5.91 Å². The zero-order valence-corrected chi connectivity index (χ0v) is 11.5. The maximum atomic E-state index is 12.3. The van der Waals surface area contributed by atoms with Crippen molar-refractivity contribution in [1.82, 2.24) is 5.32 Å². The van der Waals surface area contributed by atoms with Gasteiger partial charge in [-0.05, 0) is 12.8 Å². The van der Waals surface area contributed by atoms with Crippen LogP contribution in [0.1, 0.15) is 26.7 Å². The van der Waals surface area contributed by atoms with Crippen LogP contribution >= 0.6 is 0 Å². The molecule has 2 fully saturated rings. The lowest BCUT2D eigenvalue weighted by Gasteiger charge is -2.65. The van der Waals surface area contributed by atoms with E-state index in [-0.39, 0.29) is 23.3 Å². The first-order valence-electron chi connectivity index (χ1n) is 6.64. The van der Waals surface area contributed by atoms with E-state index in [0.717, 1.165) is 19.4 Å². The van der Waals surface area contributed by atoms with E-state index < -0.39 is 5.54 Å². The van der Waals surface area contributed by atoms with E-state index in [0.29, 0.717) is 13.2 Å². The summed E-state index contributed by atoms with van der Waals surface area (Å²) < 4.78 is 10.7. The summed E-state index contributed by atoms with van der Waals surface area (Å²) in [4.78, 5) is 12.3. The number of nitrogens with one attached hydrogen (secondary N) is 1. The van der Waals surface area contributed by atoms with Crippen LogP contribution in [0.3, 0.4) is 0 Å². The lowest BCUT2D eigenvalue weighted by Crippen LogP contribution is -2.82. The van der Waals surface area contributed by atoms with Gasteiger partial charge in [0.1, 0.15) is 5.54 Å². The number of methoxy groups -OCH3 is 1. The molecule has 0 radical (unpaired) electrons. The van der Waals surface area contributed by atoms with Crippen molar-refractivity contribution in [2.45, 2.75) is 38.3 Å². The van der Waals surface area contributed by atoms with Gasteiger partial charge in [-0.15, -0.1) is 0 Å². The van der Waals surface area contributed by atoms with Gasteiger partial charge in [0.25, 0.3) is 0 Å². The minimum Gasteiger partial charge on any atom is -0.383 e. The van der Waals surface area contributed by atoms with E-state index in [2.05, 4.69) is 5.32 Å². The second kappa shape index (κ2) is 4.79. The van der Waals surface area contributed by atoms with E-state index in [1.165, 1.54) is 0 Å². The Morgan fingerprint density at radius 3 is 2.94 bits per heavy atom. The smallest absolute Gasteiger partial charge is 0.241 e. The fraction of sp³-hybridized carbons (Fsp3) is 0.923. The highest BCUT2D eigenvalue weighted by Gasteiger charge is 2.70. The molecule has 3 atom stereocenters. The van der Waals surface area contributed by atoms with E-state index in [1.54, 1.807) is 7.11 Å². The van der Waals surface area contributed by atoms with Crippen LogP contribution in [0.5, 0.6) is 0 Å². The molecule has 1 heterocycles. The van der Waals surface area contributed by atoms with Crippen molar-refractivity contribution in [3.8, 4) is 0 Å². The van der Waals surface area contributed by atoms with Crippen LogP contribution in [0.4, 0.5) is 0 Å². The molecule has 0 aromatic carbocycles. The standard InChI is InChI=1S/C13H24N2O3/c1-12(2)10-9(5-4-7-18-10)13(12,14)11(16)15-6-8-17-3/h9-10H,4-8,14H2,1-3H3,(H,15,16). The highest BCUT2D eigenvalue weighted by molar-refractivity contribution is 5.89. The number of nitrogens with two attached hydrogens (primary N) is 1. The number of ether oxygens (including phenoxy) is 2. The maximum Gasteiger partial charge on any atom is 0.241 e. The number of carbonyl (C=O) groups excluding carboxylic acids is 1. The monoisotopic (exact) mass is 256 g/mol. The number of carbonyl (C=O) groups is 1. The van der Waals surface area contributed by atoms with Crippen LogP contribution in [0.2, 0.25) is 0 Å². The second-order valence-electron chi connectivity index (χ2n) is 5.88. The number of rotatable bonds is 4. The fourth-order valence-corrected chi connectivity index (χ4v) is 3.45. The average molecular weight is 256 g/mol. The molecular weight excluding hydrogens is 232 g/mol. The Bertz CT molecular complexity index is 332. The molecule has 1 aliphatic carbocycles. The first-order chi connectivity index (χ1) is 8.46. The van der Waals surface area contributed by atoms with Crippen molar-refractivity contribution in [2.24, 2.45) is 17.1 Å². The number of hydrogen-bond acceptors (Lipinski definition) is 4. The molecule has 1 saturated carbocycles. The fourth-order valence-electron chi connectivity index (χ4n) is 3.45. The Hall–Kier alpha value is -0.650. The van der Waals surface area contributed by atoms with E-state index >= 15 is 0 Å². The van der Waals surface area contributed by atoms with Crippen LogP contribution in [-0.4, -0.2) is 44.4 Å². The molecular formula is C13H24N2O3. The third kappa shape index (κ3) is 1.76. The van der Waals surface area contributed by atoms with Crippen molar-refractivity contribution in [3.05, 3.63) is 0 Å². The Kier molecular flexibility index (Phi) is 3.67. The topological polar surface area (TPSA) is 73.6 Å². The van der Waals surface area contributed by atoms with E-state index in [4.69, 9.17) is 15.2 Å². The van der Waals surface area contributed by atoms with Crippen molar-refractivity contribution in [2.75, 3.05) is 26.9 Å². The average Bonchev–Trinajstić information content (AvgIpc) is 2.37. The maximum absolute atomic E-state index is 12.3. The SMILES string of the molecule is COCCNC(=O)C1(N)C2CCCOC2C1(C)C. The van der Waals surface area contributed by atoms with Gasteiger partial charge in [-0.3, -0.25) is 4.79 Å². The van der Waals surface area contributed by atoms with Crippen molar-refractivity contribution < 1.29 is 14.3 Å². The summed E-state index contributed by atoms with van der Waals surface area (Å²) in [6.45, 7) is 5.84. The summed E-state index contributed by atoms with van der Waals surface area (Å²) in [6, 6.07) is 0. The van der Waals surface area contributed by atoms with E-state index in [9.17, 15) is 4.79 Å². The summed E-state index contributed by atoms with van der Waals surface area (Å²) in [5.74, 6) is 0.0695. The van der Waals surface area contributed by atoms with Crippen LogP contribution in [0.15, 0.2) is 0 Å². The summed E-state index contributed by atoms with van der Waals surface area (Å²) in [5, 5.41) is 2.87. The normalized spacial score (nSPS) is 37.6. The molecule has 3 unspecified atom stereocenters. The molecule has 3 N–H and O–H groups in total. The largest absolute Gasteiger partial charge is 0.383 e. The van der Waals surface area contributed by atoms with Crippen LogP contribution < -0.4 is 11.1 Å². The highest BCUT2D eigenvalue weighted by atomic mass is 16.5. The molecule has 5 heteroatoms. The molecule has 1 aliphatic heterocycles. The third-order valence-electron chi connectivity index (χ3n) is 4.65. The number of fused-ring (bicyclic) bond motifs is 1. The van der Waals surface area contributed by atoms with Gasteiger partial charge < -0.3 is 20.5 Å². The predicted octanol–water partition coefficient (Wildman–Crippen LogP) is 0.282. The molecule has 0 bridgehead atoms. The van der Waals surface area contributed by atoms with Gasteiger partial charge >= 0.3 is 0 Å². The molecule has 1 saturated heterocycles. The molecule has 2 aliphatic rings. The zero-order valence-electron chi connectivity index (χ0n) is 11.5. The van der Waals surface area contributed by atoms with Crippen LogP contribution in [-0.2, 0) is 14.3 Å². The first kappa shape index (κ1) is 13.8. The molecule has 2 rings (SSSR count). The molecule has 1 amide bonds. The summed E-state index contributed by atoms with van der Waals surface area (Å²) in [5.41, 5.74) is 5.30. The Morgan fingerprint density at radius 2 is 2.28 bits per heavy atom. The minimum absolute atomic E-state index is 0.0729. The lowest BCUT2D eigenvalue weighted by atomic mass is 9.46. The van der Waals surface area contributed by atoms with Gasteiger partial charge in [0, 0.05) is 31.6 Å². The van der Waals surface area contributed by atoms with Crippen molar-refractivity contribution in [3.63, 3.8) is 0 Å². The van der Waals surface area contributed by atoms with Gasteiger partial charge in [0.15, 0.2) is 0 Å². The second-order valence-corrected chi connectivity index (χ2v) is 5.88. The third-order valence-corrected chi connectivity index (χ3v) is 4.65. The quantitative estimate of drug-likeness (QED) is 0.709. The van der Waals surface area contributed by atoms with E-state index in [1.807, 2.05) is 13.8 Å². The first-order valence-corrected chi connectivity index (χ1v) is 6.64. The van der Waals surface area contributed by atoms with Crippen molar-refractivity contribution in [1.29, 1.82) is 0 Å². The lowest BCUT2D eigenvalue weighted by molar-refractivity contribution is -0.225.